The summed E-state index contributed by atoms with van der Waals surface area (Å²) in [6.07, 6.45) is 0. The van der Waals surface area contributed by atoms with Crippen LogP contribution in [-0.2, 0) is 10.0 Å². The minimum Gasteiger partial charge on any atom is -0.212 e. The summed E-state index contributed by atoms with van der Waals surface area (Å²) in [6.45, 7) is 5.73. The van der Waals surface area contributed by atoms with Gasteiger partial charge in [0, 0.05) is 14.1 Å². The summed E-state index contributed by atoms with van der Waals surface area (Å²) in [6, 6.07) is 0. The van der Waals surface area contributed by atoms with Crippen LogP contribution in [0.3, 0.4) is 0 Å². The van der Waals surface area contributed by atoms with Gasteiger partial charge in [-0.15, -0.1) is 0 Å². The quantitative estimate of drug-likeness (QED) is 0.632. The molecule has 0 unspecified atom stereocenters. The van der Waals surface area contributed by atoms with Crippen LogP contribution >= 0.6 is 0 Å². The maximum atomic E-state index is 11.3. The topological polar surface area (TPSA) is 37.4 Å². The molecule has 0 aliphatic carbocycles. The Morgan fingerprint density at radius 2 is 1.55 bits per heavy atom. The van der Waals surface area contributed by atoms with Crippen LogP contribution in [0, 0.1) is 5.41 Å². The average Bonchev–Trinajstić information content (AvgIpc) is 1.56. The molecule has 0 amide bonds. The summed E-state index contributed by atoms with van der Waals surface area (Å²) in [5.74, 6) is 0.201. The smallest absolute Gasteiger partial charge is 0.212 e. The molecular formula is C7H17NO2S. The Bertz CT molecular complexity index is 211. The van der Waals surface area contributed by atoms with E-state index < -0.39 is 10.0 Å². The van der Waals surface area contributed by atoms with E-state index in [1.54, 1.807) is 14.1 Å². The summed E-state index contributed by atoms with van der Waals surface area (Å²) in [7, 11) is 0.0907. The third-order valence-corrected chi connectivity index (χ3v) is 3.52. The monoisotopic (exact) mass is 179 g/mol. The molecule has 0 radical (unpaired) electrons. The summed E-state index contributed by atoms with van der Waals surface area (Å²) in [4.78, 5) is 0. The van der Waals surface area contributed by atoms with Crippen LogP contribution in [0.1, 0.15) is 20.8 Å². The largest absolute Gasteiger partial charge is 0.214 e. The highest BCUT2D eigenvalue weighted by Crippen LogP contribution is 2.16. The lowest BCUT2D eigenvalue weighted by Crippen LogP contribution is -2.31. The van der Waals surface area contributed by atoms with E-state index in [0.717, 1.165) is 0 Å². The predicted octanol–water partition coefficient (Wildman–Crippen LogP) is 0.924. The number of hydrogen-bond acceptors (Lipinski definition) is 2. The van der Waals surface area contributed by atoms with Crippen LogP contribution in [-0.4, -0.2) is 32.6 Å². The molecule has 0 saturated carbocycles. The van der Waals surface area contributed by atoms with E-state index in [1.165, 1.54) is 4.31 Å². The normalized spacial score (nSPS) is 14.0. The molecule has 0 bridgehead atoms. The van der Waals surface area contributed by atoms with Crippen LogP contribution in [0.5, 0.6) is 0 Å². The number of rotatable bonds is 2. The molecule has 0 aliphatic rings. The molecule has 0 rings (SSSR count). The van der Waals surface area contributed by atoms with Gasteiger partial charge in [-0.25, -0.2) is 12.7 Å². The van der Waals surface area contributed by atoms with Crippen molar-refractivity contribution in [3.05, 3.63) is 0 Å². The molecule has 11 heavy (non-hydrogen) atoms. The molecule has 0 aromatic carbocycles. The molecule has 3 nitrogen and oxygen atoms in total. The lowest BCUT2D eigenvalue weighted by atomic mass is 10.0. The molecule has 0 spiro atoms. The van der Waals surface area contributed by atoms with E-state index in [4.69, 9.17) is 0 Å². The highest BCUT2D eigenvalue weighted by molar-refractivity contribution is 7.89. The van der Waals surface area contributed by atoms with Crippen molar-refractivity contribution in [1.82, 2.24) is 4.31 Å². The molecule has 0 saturated heterocycles. The minimum atomic E-state index is -3.02. The first-order chi connectivity index (χ1) is 4.65. The molecule has 0 aromatic rings. The Labute approximate surface area is 69.4 Å². The molecule has 0 aliphatic heterocycles. The maximum Gasteiger partial charge on any atom is 0.214 e. The first-order valence-electron chi connectivity index (χ1n) is 3.55. The van der Waals surface area contributed by atoms with Gasteiger partial charge in [0.1, 0.15) is 0 Å². The van der Waals surface area contributed by atoms with E-state index in [9.17, 15) is 8.42 Å². The zero-order valence-electron chi connectivity index (χ0n) is 7.88. The van der Waals surface area contributed by atoms with E-state index in [1.807, 2.05) is 20.8 Å². The highest BCUT2D eigenvalue weighted by atomic mass is 32.2. The molecule has 0 aromatic heterocycles. The van der Waals surface area contributed by atoms with Gasteiger partial charge < -0.3 is 0 Å². The number of nitrogens with zero attached hydrogens (tertiary/aromatic N) is 1. The van der Waals surface area contributed by atoms with Gasteiger partial charge in [-0.1, -0.05) is 20.8 Å². The van der Waals surface area contributed by atoms with Gasteiger partial charge in [0.2, 0.25) is 10.0 Å². The molecular weight excluding hydrogens is 162 g/mol. The van der Waals surface area contributed by atoms with Gasteiger partial charge in [0.25, 0.3) is 0 Å². The second kappa shape index (κ2) is 3.11. The van der Waals surface area contributed by atoms with Crippen molar-refractivity contribution in [3.8, 4) is 0 Å². The third kappa shape index (κ3) is 4.37. The Morgan fingerprint density at radius 3 is 1.64 bits per heavy atom. The van der Waals surface area contributed by atoms with Gasteiger partial charge in [-0.05, 0) is 5.41 Å². The van der Waals surface area contributed by atoms with Crippen LogP contribution in [0.2, 0.25) is 0 Å². The Morgan fingerprint density at radius 1 is 1.18 bits per heavy atom. The second-order valence-corrected chi connectivity index (χ2v) is 6.28. The second-order valence-electron chi connectivity index (χ2n) is 4.10. The molecule has 0 atom stereocenters. The molecule has 0 N–H and O–H groups in total. The molecule has 0 fully saturated rings. The van der Waals surface area contributed by atoms with Crippen molar-refractivity contribution < 1.29 is 8.42 Å². The van der Waals surface area contributed by atoms with E-state index in [0.29, 0.717) is 0 Å². The van der Waals surface area contributed by atoms with E-state index in [-0.39, 0.29) is 11.2 Å². The first kappa shape index (κ1) is 10.9. The van der Waals surface area contributed by atoms with Crippen LogP contribution < -0.4 is 0 Å². The Hall–Kier alpha value is -0.0900. The van der Waals surface area contributed by atoms with Crippen LogP contribution in [0.15, 0.2) is 0 Å². The van der Waals surface area contributed by atoms with E-state index >= 15 is 0 Å². The van der Waals surface area contributed by atoms with Crippen molar-refractivity contribution in [1.29, 1.82) is 0 Å². The maximum absolute atomic E-state index is 11.3. The van der Waals surface area contributed by atoms with Crippen molar-refractivity contribution in [2.75, 3.05) is 19.8 Å². The lowest BCUT2D eigenvalue weighted by Gasteiger charge is -2.20. The average molecular weight is 179 g/mol. The summed E-state index contributed by atoms with van der Waals surface area (Å²) in [5.41, 5.74) is -0.164. The first-order valence-corrected chi connectivity index (χ1v) is 5.16. The SMILES string of the molecule is CN(C)S(=O)(=O)CC(C)(C)C. The third-order valence-electron chi connectivity index (χ3n) is 1.17. The van der Waals surface area contributed by atoms with Gasteiger partial charge >= 0.3 is 0 Å². The Kier molecular flexibility index (Phi) is 3.08. The molecule has 4 heteroatoms. The Balaban J connectivity index is 4.40. The standard InChI is InChI=1S/C7H17NO2S/c1-7(2,3)6-11(9,10)8(4)5/h6H2,1-5H3. The van der Waals surface area contributed by atoms with Gasteiger partial charge in [-0.3, -0.25) is 0 Å². The van der Waals surface area contributed by atoms with Gasteiger partial charge in [0.05, 0.1) is 5.75 Å². The molecule has 0 heterocycles. The highest BCUT2D eigenvalue weighted by Gasteiger charge is 2.22. The van der Waals surface area contributed by atoms with E-state index in [2.05, 4.69) is 0 Å². The van der Waals surface area contributed by atoms with Gasteiger partial charge in [-0.2, -0.15) is 0 Å². The van der Waals surface area contributed by atoms with Crippen molar-refractivity contribution in [2.24, 2.45) is 5.41 Å². The predicted molar refractivity (Wildman–Crippen MR) is 46.9 cm³/mol. The summed E-state index contributed by atoms with van der Waals surface area (Å²) >= 11 is 0. The van der Waals surface area contributed by atoms with Crippen LogP contribution in [0.25, 0.3) is 0 Å². The number of sulfonamides is 1. The summed E-state index contributed by atoms with van der Waals surface area (Å²) < 4.78 is 23.8. The van der Waals surface area contributed by atoms with Crippen LogP contribution in [0.4, 0.5) is 0 Å². The zero-order chi connectivity index (χ0) is 9.28. The number of hydrogen-bond donors (Lipinski definition) is 0. The summed E-state index contributed by atoms with van der Waals surface area (Å²) in [5, 5.41) is 0. The van der Waals surface area contributed by atoms with Crippen molar-refractivity contribution in [2.45, 2.75) is 20.8 Å². The fourth-order valence-corrected chi connectivity index (χ4v) is 2.03. The fraction of sp³-hybridized carbons (Fsp3) is 1.00. The van der Waals surface area contributed by atoms with Crippen molar-refractivity contribution in [3.63, 3.8) is 0 Å². The van der Waals surface area contributed by atoms with Crippen molar-refractivity contribution >= 4 is 10.0 Å². The van der Waals surface area contributed by atoms with Gasteiger partial charge in [0.15, 0.2) is 0 Å². The lowest BCUT2D eigenvalue weighted by molar-refractivity contribution is 0.440. The zero-order valence-corrected chi connectivity index (χ0v) is 8.70. The minimum absolute atomic E-state index is 0.164. The fourth-order valence-electron chi connectivity index (χ4n) is 0.676. The molecule has 68 valence electrons.